The molecule has 0 saturated carbocycles. The number of hydrogen-bond acceptors (Lipinski definition) is 1. The van der Waals surface area contributed by atoms with E-state index in [4.69, 9.17) is 23.2 Å². The monoisotopic (exact) mass is 233 g/mol. The zero-order chi connectivity index (χ0) is 10.6. The molecule has 0 aromatic heterocycles. The summed E-state index contributed by atoms with van der Waals surface area (Å²) in [6.45, 7) is 4.31. The largest absolute Gasteiger partial charge is 0.385 e. The molecular weight excluding hydrogens is 224 g/mol. The first kappa shape index (κ1) is 11.3. The molecular formula is C10H10Cl2FN. The molecule has 14 heavy (non-hydrogen) atoms. The minimum absolute atomic E-state index is 0.0265. The Labute approximate surface area is 92.5 Å². The van der Waals surface area contributed by atoms with Gasteiger partial charge in [0.15, 0.2) is 5.82 Å². The molecule has 0 heterocycles. The fourth-order valence-electron chi connectivity index (χ4n) is 0.976. The Balaban J connectivity index is 2.74. The zero-order valence-corrected chi connectivity index (χ0v) is 9.00. The van der Waals surface area contributed by atoms with Gasteiger partial charge >= 0.3 is 0 Å². The highest BCUT2D eigenvalue weighted by Gasteiger charge is 2.06. The number of hydrogen-bond donors (Lipinski definition) is 1. The van der Waals surface area contributed by atoms with Gasteiger partial charge < -0.3 is 5.32 Å². The molecule has 0 aliphatic carbocycles. The fraction of sp³-hybridized carbons (Fsp3) is 0.200. The lowest BCUT2D eigenvalue weighted by Crippen LogP contribution is -2.00. The highest BCUT2D eigenvalue weighted by Crippen LogP contribution is 2.27. The Morgan fingerprint density at radius 1 is 1.36 bits per heavy atom. The molecule has 0 aliphatic rings. The molecule has 0 unspecified atom stereocenters. The Bertz CT molecular complexity index is 316. The normalized spacial score (nSPS) is 9.93. The summed E-state index contributed by atoms with van der Waals surface area (Å²) in [5.41, 5.74) is 0.711. The van der Waals surface area contributed by atoms with Gasteiger partial charge in [0.25, 0.3) is 0 Å². The number of benzene rings is 1. The molecule has 1 nitrogen and oxygen atoms in total. The van der Waals surface area contributed by atoms with Gasteiger partial charge in [0.2, 0.25) is 0 Å². The molecule has 0 saturated heterocycles. The van der Waals surface area contributed by atoms with Gasteiger partial charge in [-0.3, -0.25) is 0 Å². The number of nitrogens with one attached hydrogen (secondary N) is 1. The average Bonchev–Trinajstić information content (AvgIpc) is 2.14. The van der Waals surface area contributed by atoms with Crippen LogP contribution in [0.4, 0.5) is 10.1 Å². The van der Waals surface area contributed by atoms with Crippen LogP contribution in [0.5, 0.6) is 0 Å². The Morgan fingerprint density at radius 3 is 2.43 bits per heavy atom. The third kappa shape index (κ3) is 2.89. The molecule has 1 aromatic rings. The predicted molar refractivity (Wildman–Crippen MR) is 59.7 cm³/mol. The maximum atomic E-state index is 13.0. The molecule has 4 heteroatoms. The van der Waals surface area contributed by atoms with E-state index in [-0.39, 0.29) is 10.0 Å². The smallest absolute Gasteiger partial charge is 0.160 e. The lowest BCUT2D eigenvalue weighted by atomic mass is 10.3. The summed E-state index contributed by atoms with van der Waals surface area (Å²) in [5.74, 6) is -0.581. The lowest BCUT2D eigenvalue weighted by Gasteiger charge is -2.06. The van der Waals surface area contributed by atoms with Gasteiger partial charge in [-0.05, 0) is 18.6 Å². The van der Waals surface area contributed by atoms with E-state index in [0.29, 0.717) is 5.69 Å². The van der Waals surface area contributed by atoms with Crippen LogP contribution in [-0.4, -0.2) is 6.54 Å². The van der Waals surface area contributed by atoms with Crippen molar-refractivity contribution in [2.75, 3.05) is 11.9 Å². The van der Waals surface area contributed by atoms with Gasteiger partial charge in [-0.1, -0.05) is 29.3 Å². The van der Waals surface area contributed by atoms with Crippen LogP contribution in [0.3, 0.4) is 0 Å². The number of rotatable bonds is 4. The highest BCUT2D eigenvalue weighted by atomic mass is 35.5. The third-order valence-electron chi connectivity index (χ3n) is 1.66. The van der Waals surface area contributed by atoms with Gasteiger partial charge in [0.05, 0.1) is 10.0 Å². The Hall–Kier alpha value is -0.730. The third-order valence-corrected chi connectivity index (χ3v) is 2.21. The Kier molecular flexibility index (Phi) is 4.23. The quantitative estimate of drug-likeness (QED) is 0.469. The SMILES string of the molecule is C=CCCNc1cc(Cl)c(F)c(Cl)c1. The maximum Gasteiger partial charge on any atom is 0.160 e. The van der Waals surface area contributed by atoms with E-state index in [2.05, 4.69) is 11.9 Å². The summed E-state index contributed by atoms with van der Waals surface area (Å²) in [6, 6.07) is 3.01. The molecule has 0 amide bonds. The van der Waals surface area contributed by atoms with Crippen LogP contribution in [0.1, 0.15) is 6.42 Å². The van der Waals surface area contributed by atoms with Crippen molar-refractivity contribution in [2.24, 2.45) is 0 Å². The fourth-order valence-corrected chi connectivity index (χ4v) is 1.46. The topological polar surface area (TPSA) is 12.0 Å². The van der Waals surface area contributed by atoms with Crippen LogP contribution in [0.2, 0.25) is 10.0 Å². The van der Waals surface area contributed by atoms with Crippen molar-refractivity contribution in [2.45, 2.75) is 6.42 Å². The Morgan fingerprint density at radius 2 is 1.93 bits per heavy atom. The first-order chi connectivity index (χ1) is 6.65. The van der Waals surface area contributed by atoms with Crippen LogP contribution >= 0.6 is 23.2 Å². The molecule has 1 aromatic carbocycles. The molecule has 76 valence electrons. The second kappa shape index (κ2) is 5.23. The molecule has 0 fully saturated rings. The molecule has 1 N–H and O–H groups in total. The van der Waals surface area contributed by atoms with Crippen molar-refractivity contribution >= 4 is 28.9 Å². The molecule has 0 atom stereocenters. The second-order valence-corrected chi connectivity index (χ2v) is 3.57. The van der Waals surface area contributed by atoms with Crippen LogP contribution in [0.15, 0.2) is 24.8 Å². The van der Waals surface area contributed by atoms with Crippen molar-refractivity contribution in [3.8, 4) is 0 Å². The molecule has 0 aliphatic heterocycles. The summed E-state index contributed by atoms with van der Waals surface area (Å²) in [4.78, 5) is 0. The summed E-state index contributed by atoms with van der Waals surface area (Å²) >= 11 is 11.2. The number of anilines is 1. The van der Waals surface area contributed by atoms with Crippen LogP contribution in [0.25, 0.3) is 0 Å². The van der Waals surface area contributed by atoms with E-state index in [1.54, 1.807) is 6.08 Å². The van der Waals surface area contributed by atoms with E-state index in [1.165, 1.54) is 12.1 Å². The van der Waals surface area contributed by atoms with Gasteiger partial charge in [-0.2, -0.15) is 0 Å². The minimum atomic E-state index is -0.581. The van der Waals surface area contributed by atoms with Crippen molar-refractivity contribution in [1.82, 2.24) is 0 Å². The minimum Gasteiger partial charge on any atom is -0.385 e. The second-order valence-electron chi connectivity index (χ2n) is 2.76. The average molecular weight is 234 g/mol. The van der Waals surface area contributed by atoms with Crippen molar-refractivity contribution < 1.29 is 4.39 Å². The van der Waals surface area contributed by atoms with Gasteiger partial charge in [0, 0.05) is 12.2 Å². The standard InChI is InChI=1S/C10H10Cl2FN/c1-2-3-4-14-7-5-8(11)10(13)9(12)6-7/h2,5-6,14H,1,3-4H2. The predicted octanol–water partition coefficient (Wildman–Crippen LogP) is 4.12. The van der Waals surface area contributed by atoms with Gasteiger partial charge in [-0.25, -0.2) is 4.39 Å². The molecule has 0 spiro atoms. The maximum absolute atomic E-state index is 13.0. The highest BCUT2D eigenvalue weighted by molar-refractivity contribution is 6.35. The van der Waals surface area contributed by atoms with E-state index in [9.17, 15) is 4.39 Å². The summed E-state index contributed by atoms with van der Waals surface area (Å²) in [5, 5.41) is 3.10. The molecule has 1 rings (SSSR count). The molecule has 0 bridgehead atoms. The number of halogens is 3. The lowest BCUT2D eigenvalue weighted by molar-refractivity contribution is 0.629. The summed E-state index contributed by atoms with van der Waals surface area (Å²) in [7, 11) is 0. The van der Waals surface area contributed by atoms with Gasteiger partial charge in [-0.15, -0.1) is 6.58 Å². The van der Waals surface area contributed by atoms with E-state index in [1.807, 2.05) is 0 Å². The van der Waals surface area contributed by atoms with Crippen molar-refractivity contribution in [3.63, 3.8) is 0 Å². The van der Waals surface area contributed by atoms with Crippen molar-refractivity contribution in [3.05, 3.63) is 40.7 Å². The molecule has 0 radical (unpaired) electrons. The van der Waals surface area contributed by atoms with E-state index in [0.717, 1.165) is 13.0 Å². The van der Waals surface area contributed by atoms with Crippen LogP contribution in [-0.2, 0) is 0 Å². The van der Waals surface area contributed by atoms with Crippen LogP contribution in [0, 0.1) is 5.82 Å². The first-order valence-electron chi connectivity index (χ1n) is 4.14. The van der Waals surface area contributed by atoms with Crippen LogP contribution < -0.4 is 5.32 Å². The van der Waals surface area contributed by atoms with E-state index < -0.39 is 5.82 Å². The summed E-state index contributed by atoms with van der Waals surface area (Å²) < 4.78 is 13.0. The summed E-state index contributed by atoms with van der Waals surface area (Å²) in [6.07, 6.45) is 2.62. The van der Waals surface area contributed by atoms with Crippen molar-refractivity contribution in [1.29, 1.82) is 0 Å². The zero-order valence-electron chi connectivity index (χ0n) is 7.49. The first-order valence-corrected chi connectivity index (χ1v) is 4.90. The van der Waals surface area contributed by atoms with Gasteiger partial charge in [0.1, 0.15) is 0 Å². The van der Waals surface area contributed by atoms with E-state index >= 15 is 0 Å².